The van der Waals surface area contributed by atoms with Crippen molar-refractivity contribution in [2.24, 2.45) is 0 Å². The average molecular weight is 303 g/mol. The van der Waals surface area contributed by atoms with Gasteiger partial charge in [0.05, 0.1) is 5.56 Å². The molecule has 1 aromatic carbocycles. The first-order valence-electron chi connectivity index (χ1n) is 4.84. The number of carboxylic acid groups (broad SMARTS) is 1. The molecule has 2 aromatic rings. The third kappa shape index (κ3) is 2.43. The summed E-state index contributed by atoms with van der Waals surface area (Å²) in [6, 6.07) is 6.10. The fourth-order valence-electron chi connectivity index (χ4n) is 1.56. The van der Waals surface area contributed by atoms with Gasteiger partial charge >= 0.3 is 5.97 Å². The van der Waals surface area contributed by atoms with Crippen molar-refractivity contribution in [2.75, 3.05) is 0 Å². The van der Waals surface area contributed by atoms with E-state index in [2.05, 4.69) is 4.98 Å². The topological polar surface area (TPSA) is 50.2 Å². The summed E-state index contributed by atoms with van der Waals surface area (Å²) in [6.07, 6.45) is 1.33. The number of aromatic carboxylic acids is 1. The maximum absolute atomic E-state index is 11.2. The van der Waals surface area contributed by atoms with E-state index < -0.39 is 5.97 Å². The molecule has 1 aromatic heterocycles. The van der Waals surface area contributed by atoms with E-state index in [-0.39, 0.29) is 16.3 Å². The van der Waals surface area contributed by atoms with Crippen LogP contribution in [0.5, 0.6) is 0 Å². The third-order valence-corrected chi connectivity index (χ3v) is 3.18. The van der Waals surface area contributed by atoms with E-state index >= 15 is 0 Å². The number of carboxylic acids is 1. The summed E-state index contributed by atoms with van der Waals surface area (Å²) >= 11 is 17.9. The van der Waals surface area contributed by atoms with Crippen LogP contribution < -0.4 is 0 Å². The molecule has 0 unspecified atom stereocenters. The van der Waals surface area contributed by atoms with Gasteiger partial charge in [0.2, 0.25) is 0 Å². The zero-order chi connectivity index (χ0) is 13.3. The number of benzene rings is 1. The molecule has 0 aliphatic carbocycles. The fourth-order valence-corrected chi connectivity index (χ4v) is 2.20. The van der Waals surface area contributed by atoms with Crippen LogP contribution in [0.1, 0.15) is 10.4 Å². The van der Waals surface area contributed by atoms with Gasteiger partial charge in [0.1, 0.15) is 5.15 Å². The highest BCUT2D eigenvalue weighted by Crippen LogP contribution is 2.36. The SMILES string of the molecule is O=C(O)c1ccnc(Cl)c1-c1cc(Cl)ccc1Cl. The number of carbonyl (C=O) groups is 1. The van der Waals surface area contributed by atoms with Crippen LogP contribution in [0.15, 0.2) is 30.5 Å². The summed E-state index contributed by atoms with van der Waals surface area (Å²) in [4.78, 5) is 15.1. The van der Waals surface area contributed by atoms with Crippen LogP contribution in [0.25, 0.3) is 11.1 Å². The van der Waals surface area contributed by atoms with Crippen molar-refractivity contribution >= 4 is 40.8 Å². The van der Waals surface area contributed by atoms with E-state index in [4.69, 9.17) is 39.9 Å². The lowest BCUT2D eigenvalue weighted by Crippen LogP contribution is -2.01. The molecule has 0 aliphatic heterocycles. The van der Waals surface area contributed by atoms with E-state index in [0.717, 1.165) is 0 Å². The van der Waals surface area contributed by atoms with Crippen LogP contribution in [0, 0.1) is 0 Å². The zero-order valence-electron chi connectivity index (χ0n) is 8.82. The second kappa shape index (κ2) is 5.14. The van der Waals surface area contributed by atoms with Gasteiger partial charge in [0, 0.05) is 27.4 Å². The van der Waals surface area contributed by atoms with Crippen LogP contribution in [0.3, 0.4) is 0 Å². The molecule has 0 fully saturated rings. The Balaban J connectivity index is 2.77. The molecule has 0 amide bonds. The Kier molecular flexibility index (Phi) is 3.76. The standard InChI is InChI=1S/C12H6Cl3NO2/c13-6-1-2-9(14)8(5-6)10-7(12(17)18)3-4-16-11(10)15/h1-5H,(H,17,18). The van der Waals surface area contributed by atoms with Crippen LogP contribution in [0.2, 0.25) is 15.2 Å². The molecule has 0 aliphatic rings. The molecule has 0 saturated heterocycles. The summed E-state index contributed by atoms with van der Waals surface area (Å²) in [5, 5.41) is 10.0. The smallest absolute Gasteiger partial charge is 0.336 e. The van der Waals surface area contributed by atoms with Crippen LogP contribution in [-0.2, 0) is 0 Å². The molecule has 0 saturated carbocycles. The van der Waals surface area contributed by atoms with Gasteiger partial charge in [0.25, 0.3) is 0 Å². The maximum atomic E-state index is 11.2. The molecule has 18 heavy (non-hydrogen) atoms. The monoisotopic (exact) mass is 301 g/mol. The lowest BCUT2D eigenvalue weighted by Gasteiger charge is -2.10. The molecule has 6 heteroatoms. The van der Waals surface area contributed by atoms with E-state index in [1.807, 2.05) is 0 Å². The predicted molar refractivity (Wildman–Crippen MR) is 71.7 cm³/mol. The minimum atomic E-state index is -1.11. The summed E-state index contributed by atoms with van der Waals surface area (Å²) in [6.45, 7) is 0. The van der Waals surface area contributed by atoms with Gasteiger partial charge in [-0.2, -0.15) is 0 Å². The Hall–Kier alpha value is -1.29. The number of nitrogens with zero attached hydrogens (tertiary/aromatic N) is 1. The molecule has 1 N–H and O–H groups in total. The minimum Gasteiger partial charge on any atom is -0.478 e. The number of hydrogen-bond donors (Lipinski definition) is 1. The molecular formula is C12H6Cl3NO2. The number of pyridine rings is 1. The van der Waals surface area contributed by atoms with Gasteiger partial charge < -0.3 is 5.11 Å². The first-order chi connectivity index (χ1) is 8.50. The Labute approximate surface area is 118 Å². The minimum absolute atomic E-state index is 0.0270. The van der Waals surface area contributed by atoms with E-state index in [9.17, 15) is 4.79 Å². The van der Waals surface area contributed by atoms with Crippen LogP contribution in [0.4, 0.5) is 0 Å². The Bertz CT molecular complexity index is 629. The van der Waals surface area contributed by atoms with Gasteiger partial charge in [-0.1, -0.05) is 34.8 Å². The quantitative estimate of drug-likeness (QED) is 0.836. The van der Waals surface area contributed by atoms with Crippen molar-refractivity contribution in [1.82, 2.24) is 4.98 Å². The van der Waals surface area contributed by atoms with Crippen molar-refractivity contribution in [3.63, 3.8) is 0 Å². The second-order valence-corrected chi connectivity index (χ2v) is 4.66. The first-order valence-corrected chi connectivity index (χ1v) is 5.97. The normalized spacial score (nSPS) is 10.4. The van der Waals surface area contributed by atoms with Gasteiger partial charge in [-0.05, 0) is 24.3 Å². The summed E-state index contributed by atoms with van der Waals surface area (Å²) in [5.41, 5.74) is 0.734. The Morgan fingerprint density at radius 2 is 1.89 bits per heavy atom. The van der Waals surface area contributed by atoms with Crippen LogP contribution >= 0.6 is 34.8 Å². The van der Waals surface area contributed by atoms with Gasteiger partial charge in [-0.15, -0.1) is 0 Å². The molecule has 2 rings (SSSR count). The zero-order valence-corrected chi connectivity index (χ0v) is 11.1. The summed E-state index contributed by atoms with van der Waals surface area (Å²) in [5.74, 6) is -1.11. The molecule has 0 spiro atoms. The molecule has 0 bridgehead atoms. The lowest BCUT2D eigenvalue weighted by atomic mass is 10.0. The molecule has 0 radical (unpaired) electrons. The average Bonchev–Trinajstić information content (AvgIpc) is 2.32. The number of halogens is 3. The maximum Gasteiger partial charge on any atom is 0.336 e. The fraction of sp³-hybridized carbons (Fsp3) is 0. The summed E-state index contributed by atoms with van der Waals surface area (Å²) < 4.78 is 0. The first kappa shape index (κ1) is 13.1. The Morgan fingerprint density at radius 1 is 1.17 bits per heavy atom. The van der Waals surface area contributed by atoms with E-state index in [0.29, 0.717) is 15.6 Å². The van der Waals surface area contributed by atoms with Crippen molar-refractivity contribution in [1.29, 1.82) is 0 Å². The highest BCUT2D eigenvalue weighted by Gasteiger charge is 2.18. The van der Waals surface area contributed by atoms with Crippen molar-refractivity contribution < 1.29 is 9.90 Å². The highest BCUT2D eigenvalue weighted by atomic mass is 35.5. The number of hydrogen-bond acceptors (Lipinski definition) is 2. The van der Waals surface area contributed by atoms with E-state index in [1.165, 1.54) is 12.3 Å². The second-order valence-electron chi connectivity index (χ2n) is 3.45. The molecule has 92 valence electrons. The van der Waals surface area contributed by atoms with Gasteiger partial charge in [0.15, 0.2) is 0 Å². The van der Waals surface area contributed by atoms with E-state index in [1.54, 1.807) is 18.2 Å². The summed E-state index contributed by atoms with van der Waals surface area (Å²) in [7, 11) is 0. The largest absolute Gasteiger partial charge is 0.478 e. The van der Waals surface area contributed by atoms with Crippen molar-refractivity contribution in [3.8, 4) is 11.1 Å². The molecular weight excluding hydrogens is 296 g/mol. The van der Waals surface area contributed by atoms with Crippen molar-refractivity contribution in [2.45, 2.75) is 0 Å². The highest BCUT2D eigenvalue weighted by molar-refractivity contribution is 6.37. The molecule has 1 heterocycles. The molecule has 0 atom stereocenters. The van der Waals surface area contributed by atoms with Gasteiger partial charge in [-0.25, -0.2) is 9.78 Å². The number of rotatable bonds is 2. The molecule has 3 nitrogen and oxygen atoms in total. The third-order valence-electron chi connectivity index (χ3n) is 2.33. The Morgan fingerprint density at radius 3 is 2.56 bits per heavy atom. The predicted octanol–water partition coefficient (Wildman–Crippen LogP) is 4.41. The lowest BCUT2D eigenvalue weighted by molar-refractivity contribution is 0.0697. The van der Waals surface area contributed by atoms with Crippen LogP contribution in [-0.4, -0.2) is 16.1 Å². The van der Waals surface area contributed by atoms with Gasteiger partial charge in [-0.3, -0.25) is 0 Å². The number of aromatic nitrogens is 1. The van der Waals surface area contributed by atoms with Crippen molar-refractivity contribution in [3.05, 3.63) is 51.2 Å².